The highest BCUT2D eigenvalue weighted by molar-refractivity contribution is 5.76. The number of likely N-dealkylation sites (tertiary alicyclic amines) is 1. The Kier molecular flexibility index (Phi) is 3.36. The zero-order chi connectivity index (χ0) is 12.3. The molecule has 7 nitrogen and oxygen atoms in total. The Hall–Kier alpha value is -1.92. The van der Waals surface area contributed by atoms with E-state index < -0.39 is 4.92 Å². The van der Waals surface area contributed by atoms with Gasteiger partial charge in [-0.15, -0.1) is 0 Å². The maximum absolute atomic E-state index is 11.8. The van der Waals surface area contributed by atoms with Gasteiger partial charge in [-0.1, -0.05) is 0 Å². The van der Waals surface area contributed by atoms with E-state index in [1.807, 2.05) is 0 Å². The molecular formula is C10H14N4O3. The summed E-state index contributed by atoms with van der Waals surface area (Å²) in [5.41, 5.74) is -0.0866. The third-order valence-electron chi connectivity index (χ3n) is 2.84. The van der Waals surface area contributed by atoms with Crippen LogP contribution in [-0.2, 0) is 11.3 Å². The van der Waals surface area contributed by atoms with Crippen LogP contribution >= 0.6 is 0 Å². The Morgan fingerprint density at radius 1 is 1.41 bits per heavy atom. The van der Waals surface area contributed by atoms with E-state index in [0.29, 0.717) is 0 Å². The van der Waals surface area contributed by atoms with Crippen LogP contribution in [0.2, 0.25) is 0 Å². The van der Waals surface area contributed by atoms with Crippen LogP contribution in [0.15, 0.2) is 12.4 Å². The summed E-state index contributed by atoms with van der Waals surface area (Å²) in [5.74, 6) is -0.0253. The average Bonchev–Trinajstić information content (AvgIpc) is 2.79. The summed E-state index contributed by atoms with van der Waals surface area (Å²) >= 11 is 0. The minimum absolute atomic E-state index is 0.0253. The Morgan fingerprint density at radius 2 is 2.12 bits per heavy atom. The second kappa shape index (κ2) is 4.94. The number of amides is 1. The molecule has 0 spiro atoms. The lowest BCUT2D eigenvalue weighted by atomic mass is 10.1. The van der Waals surface area contributed by atoms with Gasteiger partial charge in [0.25, 0.3) is 0 Å². The van der Waals surface area contributed by atoms with Gasteiger partial charge in [0.05, 0.1) is 4.92 Å². The second-order valence-electron chi connectivity index (χ2n) is 4.09. The van der Waals surface area contributed by atoms with E-state index in [9.17, 15) is 14.9 Å². The fourth-order valence-corrected chi connectivity index (χ4v) is 1.92. The fraction of sp³-hybridized carbons (Fsp3) is 0.600. The number of hydrogen-bond donors (Lipinski definition) is 0. The third-order valence-corrected chi connectivity index (χ3v) is 2.84. The van der Waals surface area contributed by atoms with E-state index >= 15 is 0 Å². The molecule has 1 saturated heterocycles. The largest absolute Gasteiger partial charge is 0.341 e. The molecule has 1 aromatic heterocycles. The summed E-state index contributed by atoms with van der Waals surface area (Å²) in [5, 5.41) is 14.3. The minimum Gasteiger partial charge on any atom is -0.341 e. The molecule has 1 aliphatic heterocycles. The minimum atomic E-state index is -0.519. The van der Waals surface area contributed by atoms with Gasteiger partial charge in [0.1, 0.15) is 18.9 Å². The summed E-state index contributed by atoms with van der Waals surface area (Å²) in [6.07, 6.45) is 5.67. The van der Waals surface area contributed by atoms with Crippen LogP contribution < -0.4 is 0 Å². The van der Waals surface area contributed by atoms with Crippen LogP contribution in [0, 0.1) is 10.1 Å². The number of carbonyl (C=O) groups is 1. The van der Waals surface area contributed by atoms with E-state index in [-0.39, 0.29) is 18.1 Å². The lowest BCUT2D eigenvalue weighted by Gasteiger charge is -2.26. The molecule has 0 aromatic carbocycles. The Bertz CT molecular complexity index is 423. The number of nitrogens with zero attached hydrogens (tertiary/aromatic N) is 4. The molecule has 1 aliphatic rings. The van der Waals surface area contributed by atoms with Crippen molar-refractivity contribution in [3.63, 3.8) is 0 Å². The van der Waals surface area contributed by atoms with Crippen molar-refractivity contribution in [3.8, 4) is 0 Å². The number of aromatic nitrogens is 2. The first-order valence-corrected chi connectivity index (χ1v) is 5.61. The van der Waals surface area contributed by atoms with Crippen LogP contribution in [0.3, 0.4) is 0 Å². The zero-order valence-corrected chi connectivity index (χ0v) is 9.41. The molecule has 0 bridgehead atoms. The van der Waals surface area contributed by atoms with Crippen molar-refractivity contribution in [1.29, 1.82) is 0 Å². The molecule has 0 atom stereocenters. The maximum atomic E-state index is 11.8. The van der Waals surface area contributed by atoms with Crippen molar-refractivity contribution in [2.75, 3.05) is 13.1 Å². The van der Waals surface area contributed by atoms with Gasteiger partial charge in [-0.3, -0.25) is 19.6 Å². The predicted octanol–water partition coefficient (Wildman–Crippen LogP) is 0.804. The normalized spacial score (nSPS) is 15.9. The van der Waals surface area contributed by atoms with Gasteiger partial charge in [-0.25, -0.2) is 0 Å². The second-order valence-corrected chi connectivity index (χ2v) is 4.09. The van der Waals surface area contributed by atoms with Crippen LogP contribution in [0.25, 0.3) is 0 Å². The van der Waals surface area contributed by atoms with Gasteiger partial charge in [-0.2, -0.15) is 5.10 Å². The lowest BCUT2D eigenvalue weighted by Crippen LogP contribution is -2.37. The van der Waals surface area contributed by atoms with Gasteiger partial charge >= 0.3 is 5.69 Å². The highest BCUT2D eigenvalue weighted by Crippen LogP contribution is 2.11. The smallest absolute Gasteiger partial charge is 0.307 e. The number of hydrogen-bond acceptors (Lipinski definition) is 4. The van der Waals surface area contributed by atoms with Gasteiger partial charge in [0, 0.05) is 13.1 Å². The molecule has 92 valence electrons. The topological polar surface area (TPSA) is 81.3 Å². The lowest BCUT2D eigenvalue weighted by molar-refractivity contribution is -0.385. The summed E-state index contributed by atoms with van der Waals surface area (Å²) < 4.78 is 1.31. The van der Waals surface area contributed by atoms with Crippen molar-refractivity contribution in [3.05, 3.63) is 22.5 Å². The standard InChI is InChI=1S/C10H14N4O3/c15-10(12-4-2-1-3-5-12)8-13-7-9(6-11-13)14(16)17/h6-7H,1-5,8H2. The SMILES string of the molecule is O=C(Cn1cc([N+](=O)[O-])cn1)N1CCCCC1. The number of piperidine rings is 1. The molecule has 1 amide bonds. The quantitative estimate of drug-likeness (QED) is 0.576. The highest BCUT2D eigenvalue weighted by Gasteiger charge is 2.18. The molecule has 2 heterocycles. The molecule has 0 aliphatic carbocycles. The van der Waals surface area contributed by atoms with Crippen molar-refractivity contribution in [2.24, 2.45) is 0 Å². The number of rotatable bonds is 3. The van der Waals surface area contributed by atoms with Crippen molar-refractivity contribution >= 4 is 11.6 Å². The molecule has 17 heavy (non-hydrogen) atoms. The Morgan fingerprint density at radius 3 is 2.71 bits per heavy atom. The van der Waals surface area contributed by atoms with E-state index in [0.717, 1.165) is 38.5 Å². The van der Waals surface area contributed by atoms with Crippen molar-refractivity contribution in [2.45, 2.75) is 25.8 Å². The van der Waals surface area contributed by atoms with Crippen LogP contribution in [0.5, 0.6) is 0 Å². The summed E-state index contributed by atoms with van der Waals surface area (Å²) in [7, 11) is 0. The van der Waals surface area contributed by atoms with Gasteiger partial charge < -0.3 is 4.90 Å². The van der Waals surface area contributed by atoms with E-state index in [1.165, 1.54) is 10.9 Å². The Labute approximate surface area is 98.2 Å². The van der Waals surface area contributed by atoms with Gasteiger partial charge in [-0.05, 0) is 19.3 Å². The predicted molar refractivity (Wildman–Crippen MR) is 59.3 cm³/mol. The molecule has 1 aromatic rings. The molecule has 0 saturated carbocycles. The summed E-state index contributed by atoms with van der Waals surface area (Å²) in [6, 6.07) is 0. The van der Waals surface area contributed by atoms with E-state index in [1.54, 1.807) is 4.90 Å². The molecule has 0 radical (unpaired) electrons. The van der Waals surface area contributed by atoms with Crippen LogP contribution in [0.4, 0.5) is 5.69 Å². The first-order valence-electron chi connectivity index (χ1n) is 5.61. The Balaban J connectivity index is 1.94. The van der Waals surface area contributed by atoms with Gasteiger partial charge in [0.15, 0.2) is 0 Å². The van der Waals surface area contributed by atoms with Crippen molar-refractivity contribution < 1.29 is 9.72 Å². The molecule has 0 N–H and O–H groups in total. The molecule has 1 fully saturated rings. The monoisotopic (exact) mass is 238 g/mol. The number of nitro groups is 1. The summed E-state index contributed by atoms with van der Waals surface area (Å²) in [6.45, 7) is 1.64. The van der Waals surface area contributed by atoms with Gasteiger partial charge in [0.2, 0.25) is 5.91 Å². The van der Waals surface area contributed by atoms with E-state index in [2.05, 4.69) is 5.10 Å². The molecule has 7 heteroatoms. The summed E-state index contributed by atoms with van der Waals surface area (Å²) in [4.78, 5) is 23.6. The first kappa shape index (κ1) is 11.6. The van der Waals surface area contributed by atoms with Crippen LogP contribution in [0.1, 0.15) is 19.3 Å². The van der Waals surface area contributed by atoms with E-state index in [4.69, 9.17) is 0 Å². The fourth-order valence-electron chi connectivity index (χ4n) is 1.92. The highest BCUT2D eigenvalue weighted by atomic mass is 16.6. The van der Waals surface area contributed by atoms with Crippen LogP contribution in [-0.4, -0.2) is 38.6 Å². The zero-order valence-electron chi connectivity index (χ0n) is 9.41. The first-order chi connectivity index (χ1) is 8.16. The third kappa shape index (κ3) is 2.80. The van der Waals surface area contributed by atoms with Crippen molar-refractivity contribution in [1.82, 2.24) is 14.7 Å². The molecule has 2 rings (SSSR count). The molecule has 0 unspecified atom stereocenters. The number of carbonyl (C=O) groups excluding carboxylic acids is 1. The average molecular weight is 238 g/mol. The molecular weight excluding hydrogens is 224 g/mol. The maximum Gasteiger partial charge on any atom is 0.307 e.